The zero-order valence-electron chi connectivity index (χ0n) is 20.5. The Balaban J connectivity index is 1.27. The van der Waals surface area contributed by atoms with Crippen molar-refractivity contribution in [2.75, 3.05) is 0 Å². The highest BCUT2D eigenvalue weighted by Gasteiger charge is 2.56. The smallest absolute Gasteiger partial charge is 0.306 e. The lowest BCUT2D eigenvalue weighted by molar-refractivity contribution is -0.157. The highest BCUT2D eigenvalue weighted by Crippen LogP contribution is 2.61. The van der Waals surface area contributed by atoms with E-state index in [1.807, 2.05) is 6.07 Å². The SMILES string of the molecule is CCCCC(=O)O[C@@H]1CC[C@H]2[C@@H]3CCc4cc(OCc5ccccc5F)ccc4[C@@H]3CC[C@]12C. The van der Waals surface area contributed by atoms with Crippen molar-refractivity contribution >= 4 is 5.97 Å². The van der Waals surface area contributed by atoms with Crippen LogP contribution in [0.2, 0.25) is 0 Å². The summed E-state index contributed by atoms with van der Waals surface area (Å²) in [5, 5.41) is 0. The Morgan fingerprint density at radius 2 is 1.97 bits per heavy atom. The first-order chi connectivity index (χ1) is 16.5. The van der Waals surface area contributed by atoms with E-state index in [0.717, 1.165) is 44.3 Å². The van der Waals surface area contributed by atoms with E-state index in [4.69, 9.17) is 9.47 Å². The Labute approximate surface area is 203 Å². The molecule has 4 heteroatoms. The molecule has 2 aromatic carbocycles. The summed E-state index contributed by atoms with van der Waals surface area (Å²) in [5.74, 6) is 2.46. The van der Waals surface area contributed by atoms with Crippen molar-refractivity contribution in [3.05, 3.63) is 65.0 Å². The molecule has 3 aliphatic carbocycles. The van der Waals surface area contributed by atoms with Crippen LogP contribution >= 0.6 is 0 Å². The molecule has 3 aliphatic rings. The second kappa shape index (κ2) is 9.71. The highest BCUT2D eigenvalue weighted by atomic mass is 19.1. The van der Waals surface area contributed by atoms with Gasteiger partial charge in [0.05, 0.1) is 0 Å². The number of halogens is 1. The van der Waals surface area contributed by atoms with E-state index >= 15 is 0 Å². The van der Waals surface area contributed by atoms with Crippen LogP contribution in [0.1, 0.15) is 87.8 Å². The van der Waals surface area contributed by atoms with Crippen LogP contribution in [0.5, 0.6) is 5.75 Å². The molecular weight excluding hydrogens is 427 g/mol. The van der Waals surface area contributed by atoms with Crippen LogP contribution in [0.25, 0.3) is 0 Å². The van der Waals surface area contributed by atoms with E-state index < -0.39 is 0 Å². The Kier molecular flexibility index (Phi) is 6.68. The zero-order chi connectivity index (χ0) is 23.7. The van der Waals surface area contributed by atoms with Gasteiger partial charge in [-0.05, 0) is 92.0 Å². The summed E-state index contributed by atoms with van der Waals surface area (Å²) in [4.78, 5) is 12.4. The highest BCUT2D eigenvalue weighted by molar-refractivity contribution is 5.69. The molecule has 0 aromatic heterocycles. The number of rotatable bonds is 7. The first-order valence-electron chi connectivity index (χ1n) is 13.2. The van der Waals surface area contributed by atoms with E-state index in [1.165, 1.54) is 30.0 Å². The third-order valence-electron chi connectivity index (χ3n) is 8.97. The summed E-state index contributed by atoms with van der Waals surface area (Å²) in [5.41, 5.74) is 3.55. The van der Waals surface area contributed by atoms with Gasteiger partial charge in [-0.3, -0.25) is 4.79 Å². The van der Waals surface area contributed by atoms with Crippen LogP contribution in [0.15, 0.2) is 42.5 Å². The Bertz CT molecular complexity index is 1030. The van der Waals surface area contributed by atoms with E-state index in [1.54, 1.807) is 12.1 Å². The van der Waals surface area contributed by atoms with Crippen LogP contribution in [-0.4, -0.2) is 12.1 Å². The molecule has 0 saturated heterocycles. The summed E-state index contributed by atoms with van der Waals surface area (Å²) in [6.07, 6.45) is 9.27. The minimum Gasteiger partial charge on any atom is -0.489 e. The van der Waals surface area contributed by atoms with Gasteiger partial charge in [0.1, 0.15) is 24.3 Å². The number of aryl methyl sites for hydroxylation is 1. The van der Waals surface area contributed by atoms with E-state index in [0.29, 0.717) is 29.7 Å². The molecule has 0 spiro atoms. The quantitative estimate of drug-likeness (QED) is 0.402. The number of carbonyl (C=O) groups excluding carboxylic acids is 1. The third kappa shape index (κ3) is 4.36. The predicted octanol–water partition coefficient (Wildman–Crippen LogP) is 7.36. The number of ether oxygens (including phenoxy) is 2. The zero-order valence-corrected chi connectivity index (χ0v) is 20.5. The van der Waals surface area contributed by atoms with Gasteiger partial charge in [-0.2, -0.15) is 0 Å². The molecule has 5 rings (SSSR count). The lowest BCUT2D eigenvalue weighted by Crippen LogP contribution is -2.45. The van der Waals surface area contributed by atoms with Gasteiger partial charge in [0.2, 0.25) is 0 Å². The first-order valence-corrected chi connectivity index (χ1v) is 13.2. The number of benzene rings is 2. The molecule has 0 N–H and O–H groups in total. The number of fused-ring (bicyclic) bond motifs is 5. The van der Waals surface area contributed by atoms with Crippen molar-refractivity contribution in [1.82, 2.24) is 0 Å². The van der Waals surface area contributed by atoms with Gasteiger partial charge in [0, 0.05) is 17.4 Å². The molecular formula is C30H37FO3. The van der Waals surface area contributed by atoms with E-state index in [-0.39, 0.29) is 29.9 Å². The van der Waals surface area contributed by atoms with Crippen molar-refractivity contribution in [3.8, 4) is 5.75 Å². The van der Waals surface area contributed by atoms with Crippen molar-refractivity contribution in [3.63, 3.8) is 0 Å². The molecule has 0 heterocycles. The summed E-state index contributed by atoms with van der Waals surface area (Å²) in [6.45, 7) is 4.74. The van der Waals surface area contributed by atoms with Gasteiger partial charge < -0.3 is 9.47 Å². The van der Waals surface area contributed by atoms with Gasteiger partial charge in [-0.1, -0.05) is 44.5 Å². The summed E-state index contributed by atoms with van der Waals surface area (Å²) >= 11 is 0. The van der Waals surface area contributed by atoms with Crippen LogP contribution in [0, 0.1) is 23.1 Å². The van der Waals surface area contributed by atoms with Crippen LogP contribution < -0.4 is 4.74 Å². The second-order valence-corrected chi connectivity index (χ2v) is 10.9. The van der Waals surface area contributed by atoms with Crippen molar-refractivity contribution in [2.45, 2.75) is 90.3 Å². The summed E-state index contributed by atoms with van der Waals surface area (Å²) < 4.78 is 25.9. The number of hydrogen-bond acceptors (Lipinski definition) is 3. The van der Waals surface area contributed by atoms with E-state index in [9.17, 15) is 9.18 Å². The normalized spacial score (nSPS) is 29.6. The second-order valence-electron chi connectivity index (χ2n) is 10.9. The first kappa shape index (κ1) is 23.4. The molecule has 0 unspecified atom stereocenters. The van der Waals surface area contributed by atoms with Gasteiger partial charge in [0.25, 0.3) is 0 Å². The minimum absolute atomic E-state index is 0.00671. The molecule has 2 saturated carbocycles. The van der Waals surface area contributed by atoms with Gasteiger partial charge in [-0.25, -0.2) is 4.39 Å². The molecule has 0 amide bonds. The van der Waals surface area contributed by atoms with Crippen LogP contribution in [0.3, 0.4) is 0 Å². The number of hydrogen-bond donors (Lipinski definition) is 0. The molecule has 5 atom stereocenters. The Morgan fingerprint density at radius 1 is 1.12 bits per heavy atom. The maximum absolute atomic E-state index is 13.9. The molecule has 2 fully saturated rings. The topological polar surface area (TPSA) is 35.5 Å². The fraction of sp³-hybridized carbons (Fsp3) is 0.567. The monoisotopic (exact) mass is 464 g/mol. The minimum atomic E-state index is -0.223. The molecule has 0 bridgehead atoms. The molecule has 0 aliphatic heterocycles. The lowest BCUT2D eigenvalue weighted by atomic mass is 9.55. The molecule has 2 aromatic rings. The van der Waals surface area contributed by atoms with Crippen LogP contribution in [0.4, 0.5) is 4.39 Å². The Morgan fingerprint density at radius 3 is 2.79 bits per heavy atom. The average molecular weight is 465 g/mol. The summed E-state index contributed by atoms with van der Waals surface area (Å²) in [6, 6.07) is 13.3. The Hall–Kier alpha value is -2.36. The summed E-state index contributed by atoms with van der Waals surface area (Å²) in [7, 11) is 0. The maximum Gasteiger partial charge on any atom is 0.306 e. The number of carbonyl (C=O) groups is 1. The largest absolute Gasteiger partial charge is 0.489 e. The fourth-order valence-electron chi connectivity index (χ4n) is 7.11. The third-order valence-corrected chi connectivity index (χ3v) is 8.97. The van der Waals surface area contributed by atoms with Crippen molar-refractivity contribution < 1.29 is 18.7 Å². The van der Waals surface area contributed by atoms with Gasteiger partial charge in [-0.15, -0.1) is 0 Å². The fourth-order valence-corrected chi connectivity index (χ4v) is 7.11. The molecule has 0 radical (unpaired) electrons. The average Bonchev–Trinajstić information content (AvgIpc) is 3.17. The number of unbranched alkanes of at least 4 members (excludes halogenated alkanes) is 1. The maximum atomic E-state index is 13.9. The van der Waals surface area contributed by atoms with Crippen molar-refractivity contribution in [1.29, 1.82) is 0 Å². The molecule has 34 heavy (non-hydrogen) atoms. The predicted molar refractivity (Wildman–Crippen MR) is 131 cm³/mol. The van der Waals surface area contributed by atoms with Gasteiger partial charge >= 0.3 is 5.97 Å². The number of esters is 1. The lowest BCUT2D eigenvalue weighted by Gasteiger charge is -2.50. The standard InChI is InChI=1S/C30H37FO3/c1-3-4-9-29(32)34-28-15-14-26-25-12-10-20-18-22(33-19-21-7-5-6-8-27(21)31)11-13-23(20)24(25)16-17-30(26,28)2/h5-8,11,13,18,24-26,28H,3-4,9-10,12,14-17,19H2,1-2H3/t24-,25+,26-,28+,30-/m0/s1. The molecule has 182 valence electrons. The van der Waals surface area contributed by atoms with Gasteiger partial charge in [0.15, 0.2) is 0 Å². The van der Waals surface area contributed by atoms with E-state index in [2.05, 4.69) is 32.0 Å². The van der Waals surface area contributed by atoms with Crippen LogP contribution in [-0.2, 0) is 22.6 Å². The molecule has 3 nitrogen and oxygen atoms in total. The van der Waals surface area contributed by atoms with Crippen molar-refractivity contribution in [2.24, 2.45) is 17.3 Å².